The van der Waals surface area contributed by atoms with Gasteiger partial charge in [-0.1, -0.05) is 94.8 Å². The minimum absolute atomic E-state index is 1.09. The zero-order valence-corrected chi connectivity index (χ0v) is 16.8. The lowest BCUT2D eigenvalue weighted by Gasteiger charge is -2.13. The predicted molar refractivity (Wildman–Crippen MR) is 122 cm³/mol. The molecule has 4 aromatic carbocycles. The van der Waals surface area contributed by atoms with E-state index in [1.165, 1.54) is 33.3 Å². The van der Waals surface area contributed by atoms with Crippen LogP contribution in [-0.2, 0) is 0 Å². The van der Waals surface area contributed by atoms with E-state index in [2.05, 4.69) is 130 Å². The van der Waals surface area contributed by atoms with Gasteiger partial charge in [-0.15, -0.1) is 0 Å². The molecule has 2 heteroatoms. The van der Waals surface area contributed by atoms with Crippen molar-refractivity contribution >= 4 is 26.8 Å². The number of hydrogen-bond donors (Lipinski definition) is 0. The maximum Gasteiger partial charge on any atom is 0.0619 e. The lowest BCUT2D eigenvalue weighted by atomic mass is 9.98. The van der Waals surface area contributed by atoms with Gasteiger partial charge < -0.3 is 4.57 Å². The van der Waals surface area contributed by atoms with Crippen molar-refractivity contribution in [2.24, 2.45) is 0 Å². The van der Waals surface area contributed by atoms with Gasteiger partial charge in [0.05, 0.1) is 11.2 Å². The highest BCUT2D eigenvalue weighted by atomic mass is 79.9. The highest BCUT2D eigenvalue weighted by Crippen LogP contribution is 2.43. The van der Waals surface area contributed by atoms with Crippen LogP contribution in [0.25, 0.3) is 39.0 Å². The van der Waals surface area contributed by atoms with Crippen molar-refractivity contribution in [2.45, 2.75) is 0 Å². The summed E-state index contributed by atoms with van der Waals surface area (Å²) in [6.45, 7) is 0. The van der Waals surface area contributed by atoms with Gasteiger partial charge in [0.1, 0.15) is 0 Å². The first-order valence-electron chi connectivity index (χ1n) is 9.33. The Bertz CT molecular complexity index is 1240. The van der Waals surface area contributed by atoms with E-state index in [9.17, 15) is 0 Å². The average molecular weight is 424 g/mol. The summed E-state index contributed by atoms with van der Waals surface area (Å²) in [6, 6.07) is 38.4. The quantitative estimate of drug-likeness (QED) is 0.279. The van der Waals surface area contributed by atoms with Gasteiger partial charge in [0.2, 0.25) is 0 Å². The van der Waals surface area contributed by atoms with E-state index in [0.29, 0.717) is 0 Å². The van der Waals surface area contributed by atoms with Crippen LogP contribution in [0.3, 0.4) is 0 Å². The van der Waals surface area contributed by atoms with E-state index in [0.717, 1.165) is 10.2 Å². The van der Waals surface area contributed by atoms with Gasteiger partial charge in [-0.3, -0.25) is 0 Å². The first kappa shape index (κ1) is 17.0. The molecule has 0 aliphatic rings. The summed E-state index contributed by atoms with van der Waals surface area (Å²) < 4.78 is 3.46. The van der Waals surface area contributed by atoms with Crippen molar-refractivity contribution in [3.8, 4) is 28.1 Å². The highest BCUT2D eigenvalue weighted by molar-refractivity contribution is 9.10. The Morgan fingerprint density at radius 1 is 0.571 bits per heavy atom. The van der Waals surface area contributed by atoms with Crippen molar-refractivity contribution in [1.29, 1.82) is 0 Å². The standard InChI is InChI=1S/C26H18BrN/c27-21-16-17-24-23(18-21)25(19-10-4-1-5-11-19)26(20-12-6-2-7-13-20)28(24)22-14-8-3-9-15-22/h1-18H. The zero-order chi connectivity index (χ0) is 18.9. The molecule has 0 N–H and O–H groups in total. The Morgan fingerprint density at radius 2 is 1.14 bits per heavy atom. The predicted octanol–water partition coefficient (Wildman–Crippen LogP) is 7.73. The number of hydrogen-bond acceptors (Lipinski definition) is 0. The van der Waals surface area contributed by atoms with Crippen molar-refractivity contribution in [2.75, 3.05) is 0 Å². The molecule has 0 aliphatic heterocycles. The maximum atomic E-state index is 3.68. The molecule has 0 fully saturated rings. The van der Waals surface area contributed by atoms with Gasteiger partial charge in [-0.25, -0.2) is 0 Å². The Labute approximate surface area is 173 Å². The number of aromatic nitrogens is 1. The molecule has 1 nitrogen and oxygen atoms in total. The van der Waals surface area contributed by atoms with E-state index >= 15 is 0 Å². The minimum atomic E-state index is 1.09. The third-order valence-corrected chi connectivity index (χ3v) is 5.55. The number of halogens is 1. The molecular weight excluding hydrogens is 406 g/mol. The molecule has 0 amide bonds. The molecule has 0 atom stereocenters. The Kier molecular flexibility index (Phi) is 4.34. The highest BCUT2D eigenvalue weighted by Gasteiger charge is 2.21. The number of benzene rings is 4. The van der Waals surface area contributed by atoms with Crippen molar-refractivity contribution in [3.63, 3.8) is 0 Å². The number of rotatable bonds is 3. The smallest absolute Gasteiger partial charge is 0.0619 e. The first-order chi connectivity index (χ1) is 13.8. The van der Waals surface area contributed by atoms with E-state index < -0.39 is 0 Å². The summed E-state index contributed by atoms with van der Waals surface area (Å²) in [5.74, 6) is 0. The van der Waals surface area contributed by atoms with Gasteiger partial charge in [0, 0.05) is 21.1 Å². The van der Waals surface area contributed by atoms with Crippen molar-refractivity contribution < 1.29 is 0 Å². The van der Waals surface area contributed by atoms with Crippen LogP contribution in [0.1, 0.15) is 0 Å². The van der Waals surface area contributed by atoms with Crippen LogP contribution in [0.2, 0.25) is 0 Å². The van der Waals surface area contributed by atoms with Gasteiger partial charge in [-0.05, 0) is 41.5 Å². The second kappa shape index (κ2) is 7.14. The topological polar surface area (TPSA) is 4.93 Å². The molecule has 0 saturated carbocycles. The van der Waals surface area contributed by atoms with Crippen LogP contribution < -0.4 is 0 Å². The number of fused-ring (bicyclic) bond motifs is 1. The molecule has 1 heterocycles. The van der Waals surface area contributed by atoms with E-state index in [4.69, 9.17) is 0 Å². The number of para-hydroxylation sites is 1. The summed E-state index contributed by atoms with van der Waals surface area (Å²) >= 11 is 3.68. The van der Waals surface area contributed by atoms with Crippen LogP contribution in [0.15, 0.2) is 114 Å². The molecule has 0 spiro atoms. The Balaban J connectivity index is 1.98. The number of nitrogens with zero attached hydrogens (tertiary/aromatic N) is 1. The second-order valence-electron chi connectivity index (χ2n) is 6.79. The van der Waals surface area contributed by atoms with Crippen molar-refractivity contribution in [3.05, 3.63) is 114 Å². The second-order valence-corrected chi connectivity index (χ2v) is 7.70. The summed E-state index contributed by atoms with van der Waals surface area (Å²) in [5.41, 5.74) is 7.26. The van der Waals surface area contributed by atoms with Crippen LogP contribution in [0.4, 0.5) is 0 Å². The third kappa shape index (κ3) is 2.87. The van der Waals surface area contributed by atoms with Crippen LogP contribution >= 0.6 is 15.9 Å². The molecule has 1 aromatic heterocycles. The lowest BCUT2D eigenvalue weighted by molar-refractivity contribution is 1.13. The van der Waals surface area contributed by atoms with Crippen molar-refractivity contribution in [1.82, 2.24) is 4.57 Å². The molecule has 134 valence electrons. The Morgan fingerprint density at radius 3 is 1.79 bits per heavy atom. The van der Waals surface area contributed by atoms with Crippen LogP contribution in [0.5, 0.6) is 0 Å². The molecule has 28 heavy (non-hydrogen) atoms. The van der Waals surface area contributed by atoms with Gasteiger partial charge in [-0.2, -0.15) is 0 Å². The SMILES string of the molecule is Brc1ccc2c(c1)c(-c1ccccc1)c(-c1ccccc1)n2-c1ccccc1. The Hall–Kier alpha value is -3.10. The molecule has 5 aromatic rings. The largest absolute Gasteiger partial charge is 0.309 e. The molecule has 0 saturated heterocycles. The van der Waals surface area contributed by atoms with E-state index in [1.54, 1.807) is 0 Å². The fraction of sp³-hybridized carbons (Fsp3) is 0. The molecule has 5 rings (SSSR count). The monoisotopic (exact) mass is 423 g/mol. The van der Waals surface area contributed by atoms with Gasteiger partial charge in [0.15, 0.2) is 0 Å². The third-order valence-electron chi connectivity index (χ3n) is 5.05. The fourth-order valence-electron chi connectivity index (χ4n) is 3.88. The molecule has 0 aliphatic carbocycles. The molecule has 0 bridgehead atoms. The summed E-state index contributed by atoms with van der Waals surface area (Å²) in [5, 5.41) is 1.24. The normalized spacial score (nSPS) is 11.0. The van der Waals surface area contributed by atoms with Crippen LogP contribution in [-0.4, -0.2) is 4.57 Å². The summed E-state index contributed by atoms with van der Waals surface area (Å²) in [7, 11) is 0. The summed E-state index contributed by atoms with van der Waals surface area (Å²) in [4.78, 5) is 0. The van der Waals surface area contributed by atoms with Crippen LogP contribution in [0, 0.1) is 0 Å². The first-order valence-corrected chi connectivity index (χ1v) is 10.1. The average Bonchev–Trinajstić information content (AvgIpc) is 3.10. The minimum Gasteiger partial charge on any atom is -0.309 e. The maximum absolute atomic E-state index is 3.68. The zero-order valence-electron chi connectivity index (χ0n) is 15.2. The molecule has 0 radical (unpaired) electrons. The van der Waals surface area contributed by atoms with Gasteiger partial charge >= 0.3 is 0 Å². The van der Waals surface area contributed by atoms with E-state index in [1.807, 2.05) is 0 Å². The molecule has 0 unspecified atom stereocenters. The summed E-state index contributed by atoms with van der Waals surface area (Å²) in [6.07, 6.45) is 0. The lowest BCUT2D eigenvalue weighted by Crippen LogP contribution is -1.97. The van der Waals surface area contributed by atoms with E-state index in [-0.39, 0.29) is 0 Å². The fourth-order valence-corrected chi connectivity index (χ4v) is 4.24. The molecular formula is C26H18BrN. The van der Waals surface area contributed by atoms with Gasteiger partial charge in [0.25, 0.3) is 0 Å².